The van der Waals surface area contributed by atoms with Crippen LogP contribution in [0.5, 0.6) is 0 Å². The molecule has 1 aliphatic rings. The zero-order valence-electron chi connectivity index (χ0n) is 9.08. The van der Waals surface area contributed by atoms with E-state index >= 15 is 0 Å². The fourth-order valence-corrected chi connectivity index (χ4v) is 2.17. The zero-order valence-corrected chi connectivity index (χ0v) is 9.08. The van der Waals surface area contributed by atoms with Crippen molar-refractivity contribution in [3.05, 3.63) is 36.6 Å². The Morgan fingerprint density at radius 2 is 2.29 bits per heavy atom. The van der Waals surface area contributed by atoms with Crippen LogP contribution in [0.25, 0.3) is 17.1 Å². The Balaban J connectivity index is 1.99. The van der Waals surface area contributed by atoms with E-state index in [9.17, 15) is 0 Å². The maximum absolute atomic E-state index is 5.24. The van der Waals surface area contributed by atoms with Gasteiger partial charge in [0.2, 0.25) is 12.3 Å². The van der Waals surface area contributed by atoms with Crippen molar-refractivity contribution in [1.82, 2.24) is 19.6 Å². The molecule has 5 nitrogen and oxygen atoms in total. The standard InChI is InChI=1S/C12H10N4O/c1-2-8(1)10-5-9(12-15-14-7-17-12)6-16-4-3-13-11(10)16/h3-8H,1-2H2. The number of fused-ring (bicyclic) bond motifs is 1. The largest absolute Gasteiger partial charge is 0.423 e. The van der Waals surface area contributed by atoms with Gasteiger partial charge in [0, 0.05) is 18.6 Å². The molecule has 0 N–H and O–H groups in total. The average Bonchev–Trinajstić information content (AvgIpc) is 2.88. The van der Waals surface area contributed by atoms with E-state index in [2.05, 4.69) is 21.2 Å². The van der Waals surface area contributed by atoms with Gasteiger partial charge in [-0.3, -0.25) is 0 Å². The molecule has 0 aromatic carbocycles. The summed E-state index contributed by atoms with van der Waals surface area (Å²) in [5.74, 6) is 1.20. The van der Waals surface area contributed by atoms with E-state index < -0.39 is 0 Å². The molecular weight excluding hydrogens is 216 g/mol. The Hall–Kier alpha value is -2.17. The topological polar surface area (TPSA) is 56.2 Å². The van der Waals surface area contributed by atoms with E-state index in [1.54, 1.807) is 0 Å². The molecule has 3 heterocycles. The lowest BCUT2D eigenvalue weighted by molar-refractivity contribution is 0.568. The van der Waals surface area contributed by atoms with E-state index in [0.29, 0.717) is 11.8 Å². The second-order valence-corrected chi connectivity index (χ2v) is 4.36. The summed E-state index contributed by atoms with van der Waals surface area (Å²) >= 11 is 0. The van der Waals surface area contributed by atoms with Crippen LogP contribution >= 0.6 is 0 Å². The molecule has 0 unspecified atom stereocenters. The lowest BCUT2D eigenvalue weighted by Gasteiger charge is -2.04. The van der Waals surface area contributed by atoms with Crippen LogP contribution < -0.4 is 0 Å². The van der Waals surface area contributed by atoms with Gasteiger partial charge < -0.3 is 8.82 Å². The SMILES string of the molecule is c1cn2cc(-c3nnco3)cc(C3CC3)c2n1. The number of hydrogen-bond acceptors (Lipinski definition) is 4. The van der Waals surface area contributed by atoms with E-state index in [4.69, 9.17) is 4.42 Å². The Bertz CT molecular complexity index is 667. The summed E-state index contributed by atoms with van der Waals surface area (Å²) in [6.45, 7) is 0. The van der Waals surface area contributed by atoms with Crippen molar-refractivity contribution >= 4 is 5.65 Å². The summed E-state index contributed by atoms with van der Waals surface area (Å²) in [5, 5.41) is 7.66. The van der Waals surface area contributed by atoms with Gasteiger partial charge >= 0.3 is 0 Å². The molecule has 1 aliphatic carbocycles. The number of hydrogen-bond donors (Lipinski definition) is 0. The Morgan fingerprint density at radius 3 is 3.06 bits per heavy atom. The third-order valence-corrected chi connectivity index (χ3v) is 3.14. The molecule has 4 rings (SSSR count). The number of rotatable bonds is 2. The van der Waals surface area contributed by atoms with Gasteiger partial charge in [0.25, 0.3) is 0 Å². The molecule has 0 spiro atoms. The monoisotopic (exact) mass is 226 g/mol. The number of aromatic nitrogens is 4. The molecule has 0 aliphatic heterocycles. The van der Waals surface area contributed by atoms with Crippen LogP contribution in [0.2, 0.25) is 0 Å². The maximum Gasteiger partial charge on any atom is 0.248 e. The molecule has 0 bridgehead atoms. The Morgan fingerprint density at radius 1 is 1.35 bits per heavy atom. The summed E-state index contributed by atoms with van der Waals surface area (Å²) in [6, 6.07) is 2.12. The molecule has 0 radical (unpaired) electrons. The minimum atomic E-state index is 0.558. The van der Waals surface area contributed by atoms with Crippen molar-refractivity contribution in [2.45, 2.75) is 18.8 Å². The highest BCUT2D eigenvalue weighted by Crippen LogP contribution is 2.42. The van der Waals surface area contributed by atoms with Gasteiger partial charge in [-0.1, -0.05) is 0 Å². The highest BCUT2D eigenvalue weighted by molar-refractivity contribution is 5.62. The minimum absolute atomic E-state index is 0.558. The second-order valence-electron chi connectivity index (χ2n) is 4.36. The van der Waals surface area contributed by atoms with Crippen molar-refractivity contribution in [2.75, 3.05) is 0 Å². The van der Waals surface area contributed by atoms with E-state index in [1.807, 2.05) is 23.0 Å². The lowest BCUT2D eigenvalue weighted by Crippen LogP contribution is -1.93. The van der Waals surface area contributed by atoms with Crippen molar-refractivity contribution < 1.29 is 4.42 Å². The predicted molar refractivity (Wildman–Crippen MR) is 60.5 cm³/mol. The summed E-state index contributed by atoms with van der Waals surface area (Å²) in [7, 11) is 0. The van der Waals surface area contributed by atoms with Crippen molar-refractivity contribution in [3.8, 4) is 11.5 Å². The van der Waals surface area contributed by atoms with E-state index in [1.165, 1.54) is 24.8 Å². The second kappa shape index (κ2) is 3.16. The smallest absolute Gasteiger partial charge is 0.248 e. The van der Waals surface area contributed by atoms with Gasteiger partial charge in [-0.2, -0.15) is 0 Å². The molecule has 3 aromatic heterocycles. The number of imidazole rings is 1. The van der Waals surface area contributed by atoms with Crippen molar-refractivity contribution in [2.24, 2.45) is 0 Å². The number of pyridine rings is 1. The van der Waals surface area contributed by atoms with Crippen LogP contribution in [0, 0.1) is 0 Å². The number of nitrogens with zero attached hydrogens (tertiary/aromatic N) is 4. The van der Waals surface area contributed by atoms with E-state index in [0.717, 1.165) is 11.2 Å². The first kappa shape index (κ1) is 8.92. The molecule has 1 fully saturated rings. The highest BCUT2D eigenvalue weighted by atomic mass is 16.4. The Kier molecular flexibility index (Phi) is 1.66. The van der Waals surface area contributed by atoms with Crippen LogP contribution in [0.1, 0.15) is 24.3 Å². The molecule has 0 atom stereocenters. The molecule has 0 saturated heterocycles. The molecule has 3 aromatic rings. The quantitative estimate of drug-likeness (QED) is 0.672. The summed E-state index contributed by atoms with van der Waals surface area (Å²) in [4.78, 5) is 4.40. The van der Waals surface area contributed by atoms with E-state index in [-0.39, 0.29) is 0 Å². The van der Waals surface area contributed by atoms with Gasteiger partial charge in [0.05, 0.1) is 5.56 Å². The fourth-order valence-electron chi connectivity index (χ4n) is 2.17. The predicted octanol–water partition coefficient (Wildman–Crippen LogP) is 2.26. The molecule has 1 saturated carbocycles. The fraction of sp³-hybridized carbons (Fsp3) is 0.250. The van der Waals surface area contributed by atoms with Crippen molar-refractivity contribution in [1.29, 1.82) is 0 Å². The van der Waals surface area contributed by atoms with Crippen LogP contribution in [-0.4, -0.2) is 19.6 Å². The normalized spacial score (nSPS) is 15.5. The molecule has 5 heteroatoms. The maximum atomic E-state index is 5.24. The summed E-state index contributed by atoms with van der Waals surface area (Å²) in [5.41, 5.74) is 3.27. The van der Waals surface area contributed by atoms with Gasteiger partial charge in [-0.05, 0) is 30.4 Å². The van der Waals surface area contributed by atoms with Crippen LogP contribution in [0.15, 0.2) is 35.5 Å². The van der Waals surface area contributed by atoms with Crippen molar-refractivity contribution in [3.63, 3.8) is 0 Å². The highest BCUT2D eigenvalue weighted by Gasteiger charge is 2.27. The summed E-state index contributed by atoms with van der Waals surface area (Å²) in [6.07, 6.45) is 9.58. The first-order valence-electron chi connectivity index (χ1n) is 5.65. The first-order valence-corrected chi connectivity index (χ1v) is 5.65. The minimum Gasteiger partial charge on any atom is -0.423 e. The molecular formula is C12H10N4O. The lowest BCUT2D eigenvalue weighted by atomic mass is 10.1. The molecule has 0 amide bonds. The van der Waals surface area contributed by atoms with Crippen LogP contribution in [0.4, 0.5) is 0 Å². The zero-order chi connectivity index (χ0) is 11.2. The van der Waals surface area contributed by atoms with Gasteiger partial charge in [-0.15, -0.1) is 10.2 Å². The average molecular weight is 226 g/mol. The molecule has 84 valence electrons. The molecule has 17 heavy (non-hydrogen) atoms. The third-order valence-electron chi connectivity index (χ3n) is 3.14. The first-order chi connectivity index (χ1) is 8.42. The van der Waals surface area contributed by atoms with Crippen LogP contribution in [-0.2, 0) is 0 Å². The van der Waals surface area contributed by atoms with Gasteiger partial charge in [0.15, 0.2) is 0 Å². The third kappa shape index (κ3) is 1.35. The van der Waals surface area contributed by atoms with Gasteiger partial charge in [0.1, 0.15) is 5.65 Å². The van der Waals surface area contributed by atoms with Crippen LogP contribution in [0.3, 0.4) is 0 Å². The Labute approximate surface area is 97.1 Å². The summed E-state index contributed by atoms with van der Waals surface area (Å²) < 4.78 is 7.27. The van der Waals surface area contributed by atoms with Gasteiger partial charge in [-0.25, -0.2) is 4.98 Å².